The van der Waals surface area contributed by atoms with E-state index in [0.29, 0.717) is 11.4 Å². The predicted molar refractivity (Wildman–Crippen MR) is 73.7 cm³/mol. The number of aromatic amines is 1. The third-order valence-corrected chi connectivity index (χ3v) is 2.82. The number of anilines is 1. The van der Waals surface area contributed by atoms with E-state index in [4.69, 9.17) is 0 Å². The Kier molecular flexibility index (Phi) is 4.30. The third kappa shape index (κ3) is 3.92. The number of nitrogens with one attached hydrogen (secondary N) is 3. The molecule has 0 unspecified atom stereocenters. The molecular formula is C12H11BrN4O2. The van der Waals surface area contributed by atoms with Gasteiger partial charge in [0.15, 0.2) is 0 Å². The van der Waals surface area contributed by atoms with E-state index in [1.165, 1.54) is 6.20 Å². The van der Waals surface area contributed by atoms with Crippen LogP contribution in [0.3, 0.4) is 0 Å². The van der Waals surface area contributed by atoms with E-state index in [9.17, 15) is 9.59 Å². The first-order chi connectivity index (χ1) is 9.15. The summed E-state index contributed by atoms with van der Waals surface area (Å²) in [6, 6.07) is 8.49. The number of aromatic nitrogens is 2. The fourth-order valence-corrected chi connectivity index (χ4v) is 1.65. The number of rotatable bonds is 4. The van der Waals surface area contributed by atoms with Crippen molar-refractivity contribution in [2.24, 2.45) is 0 Å². The van der Waals surface area contributed by atoms with Crippen molar-refractivity contribution in [3.63, 3.8) is 0 Å². The Bertz CT molecular complexity index is 566. The summed E-state index contributed by atoms with van der Waals surface area (Å²) in [4.78, 5) is 23.3. The second kappa shape index (κ2) is 6.14. The molecule has 7 heteroatoms. The molecule has 0 fully saturated rings. The first-order valence-electron chi connectivity index (χ1n) is 5.48. The number of carbonyl (C=O) groups excluding carboxylic acids is 2. The van der Waals surface area contributed by atoms with Gasteiger partial charge in [-0.2, -0.15) is 5.10 Å². The van der Waals surface area contributed by atoms with Crippen molar-refractivity contribution in [2.75, 3.05) is 11.9 Å². The molecule has 0 saturated heterocycles. The first-order valence-corrected chi connectivity index (χ1v) is 6.27. The fraction of sp³-hybridized carbons (Fsp3) is 0.0833. The minimum Gasteiger partial charge on any atom is -0.343 e. The number of benzene rings is 1. The van der Waals surface area contributed by atoms with Crippen molar-refractivity contribution in [3.8, 4) is 0 Å². The smallest absolute Gasteiger partial charge is 0.251 e. The molecule has 0 aliphatic heterocycles. The van der Waals surface area contributed by atoms with Gasteiger partial charge >= 0.3 is 0 Å². The van der Waals surface area contributed by atoms with Crippen molar-refractivity contribution in [1.29, 1.82) is 0 Å². The summed E-state index contributed by atoms with van der Waals surface area (Å²) < 4.78 is 0.890. The number of nitrogens with zero attached hydrogens (tertiary/aromatic N) is 1. The topological polar surface area (TPSA) is 86.9 Å². The van der Waals surface area contributed by atoms with Gasteiger partial charge in [0.1, 0.15) is 5.82 Å². The van der Waals surface area contributed by atoms with E-state index in [1.807, 2.05) is 0 Å². The first kappa shape index (κ1) is 13.3. The van der Waals surface area contributed by atoms with E-state index in [1.54, 1.807) is 30.3 Å². The summed E-state index contributed by atoms with van der Waals surface area (Å²) in [6.07, 6.45) is 1.52. The van der Waals surface area contributed by atoms with Gasteiger partial charge in [-0.3, -0.25) is 14.7 Å². The van der Waals surface area contributed by atoms with Crippen molar-refractivity contribution in [3.05, 3.63) is 46.6 Å². The maximum absolute atomic E-state index is 11.7. The number of carbonyl (C=O) groups is 2. The number of H-pyrrole nitrogens is 1. The highest BCUT2D eigenvalue weighted by molar-refractivity contribution is 9.10. The maximum atomic E-state index is 11.7. The summed E-state index contributed by atoms with van der Waals surface area (Å²) in [5.41, 5.74) is 0.498. The monoisotopic (exact) mass is 322 g/mol. The lowest BCUT2D eigenvalue weighted by Gasteiger charge is -2.05. The van der Waals surface area contributed by atoms with E-state index in [-0.39, 0.29) is 18.4 Å². The molecule has 0 bridgehead atoms. The van der Waals surface area contributed by atoms with Crippen molar-refractivity contribution >= 4 is 33.6 Å². The molecule has 1 aromatic carbocycles. The lowest BCUT2D eigenvalue weighted by Crippen LogP contribution is -2.32. The quantitative estimate of drug-likeness (QED) is 0.798. The Morgan fingerprint density at radius 1 is 1.21 bits per heavy atom. The second-order valence-corrected chi connectivity index (χ2v) is 4.62. The molecule has 1 aromatic heterocycles. The predicted octanol–water partition coefficient (Wildman–Crippen LogP) is 1.54. The molecule has 19 heavy (non-hydrogen) atoms. The van der Waals surface area contributed by atoms with E-state index in [0.717, 1.165) is 4.47 Å². The molecule has 0 aliphatic rings. The highest BCUT2D eigenvalue weighted by Gasteiger charge is 2.08. The summed E-state index contributed by atoms with van der Waals surface area (Å²) in [7, 11) is 0. The fourth-order valence-electron chi connectivity index (χ4n) is 1.38. The summed E-state index contributed by atoms with van der Waals surface area (Å²) in [5, 5.41) is 11.4. The average molecular weight is 323 g/mol. The van der Waals surface area contributed by atoms with Crippen LogP contribution in [0.1, 0.15) is 10.4 Å². The Hall–Kier alpha value is -2.15. The van der Waals surface area contributed by atoms with Crippen molar-refractivity contribution in [2.45, 2.75) is 0 Å². The Labute approximate surface area is 117 Å². The van der Waals surface area contributed by atoms with Crippen LogP contribution in [-0.4, -0.2) is 28.6 Å². The SMILES string of the molecule is O=C(CNC(=O)c1ccc(Br)cc1)Nc1ccn[nH]1. The molecule has 2 rings (SSSR count). The van der Waals surface area contributed by atoms with Crippen molar-refractivity contribution in [1.82, 2.24) is 15.5 Å². The van der Waals surface area contributed by atoms with Crippen molar-refractivity contribution < 1.29 is 9.59 Å². The Morgan fingerprint density at radius 2 is 1.95 bits per heavy atom. The summed E-state index contributed by atoms with van der Waals surface area (Å²) in [6.45, 7) is -0.103. The number of hydrogen-bond acceptors (Lipinski definition) is 3. The standard InChI is InChI=1S/C12H11BrN4O2/c13-9-3-1-8(2-4-9)12(19)14-7-11(18)16-10-5-6-15-17-10/h1-6H,7H2,(H,14,19)(H2,15,16,17,18). The van der Waals surface area contributed by atoms with Crippen LogP contribution in [0.4, 0.5) is 5.82 Å². The van der Waals surface area contributed by atoms with Crippen LogP contribution < -0.4 is 10.6 Å². The largest absolute Gasteiger partial charge is 0.343 e. The summed E-state index contributed by atoms with van der Waals surface area (Å²) in [5.74, 6) is -0.134. The molecule has 0 saturated carbocycles. The van der Waals surface area contributed by atoms with Gasteiger partial charge in [0, 0.05) is 16.1 Å². The second-order valence-electron chi connectivity index (χ2n) is 3.71. The lowest BCUT2D eigenvalue weighted by molar-refractivity contribution is -0.115. The van der Waals surface area contributed by atoms with Crippen LogP contribution in [0.2, 0.25) is 0 Å². The minimum absolute atomic E-state index is 0.103. The minimum atomic E-state index is -0.324. The van der Waals surface area contributed by atoms with Crippen LogP contribution in [-0.2, 0) is 4.79 Å². The van der Waals surface area contributed by atoms with E-state index >= 15 is 0 Å². The van der Waals surface area contributed by atoms with Crippen LogP contribution in [0.15, 0.2) is 41.0 Å². The zero-order valence-electron chi connectivity index (χ0n) is 9.81. The molecular weight excluding hydrogens is 312 g/mol. The van der Waals surface area contributed by atoms with Crippen LogP contribution in [0, 0.1) is 0 Å². The molecule has 6 nitrogen and oxygen atoms in total. The number of amides is 2. The van der Waals surface area contributed by atoms with Crippen LogP contribution >= 0.6 is 15.9 Å². The summed E-state index contributed by atoms with van der Waals surface area (Å²) >= 11 is 3.28. The molecule has 0 spiro atoms. The van der Waals surface area contributed by atoms with Gasteiger partial charge in [0.05, 0.1) is 12.7 Å². The normalized spacial score (nSPS) is 9.95. The van der Waals surface area contributed by atoms with Gasteiger partial charge in [-0.1, -0.05) is 15.9 Å². The van der Waals surface area contributed by atoms with E-state index < -0.39 is 0 Å². The van der Waals surface area contributed by atoms with Gasteiger partial charge in [-0.05, 0) is 24.3 Å². The number of halogens is 1. The molecule has 0 aliphatic carbocycles. The molecule has 0 radical (unpaired) electrons. The van der Waals surface area contributed by atoms with Gasteiger partial charge in [0.25, 0.3) is 5.91 Å². The van der Waals surface area contributed by atoms with E-state index in [2.05, 4.69) is 36.8 Å². The maximum Gasteiger partial charge on any atom is 0.251 e. The van der Waals surface area contributed by atoms with Gasteiger partial charge in [-0.15, -0.1) is 0 Å². The zero-order valence-corrected chi connectivity index (χ0v) is 11.4. The number of hydrogen-bond donors (Lipinski definition) is 3. The highest BCUT2D eigenvalue weighted by atomic mass is 79.9. The molecule has 1 heterocycles. The molecule has 3 N–H and O–H groups in total. The molecule has 0 atom stereocenters. The Morgan fingerprint density at radius 3 is 2.58 bits per heavy atom. The molecule has 2 aromatic rings. The Balaban J connectivity index is 1.83. The highest BCUT2D eigenvalue weighted by Crippen LogP contribution is 2.10. The third-order valence-electron chi connectivity index (χ3n) is 2.29. The zero-order chi connectivity index (χ0) is 13.7. The van der Waals surface area contributed by atoms with Crippen LogP contribution in [0.25, 0.3) is 0 Å². The van der Waals surface area contributed by atoms with Crippen LogP contribution in [0.5, 0.6) is 0 Å². The van der Waals surface area contributed by atoms with Gasteiger partial charge < -0.3 is 10.6 Å². The lowest BCUT2D eigenvalue weighted by atomic mass is 10.2. The van der Waals surface area contributed by atoms with Gasteiger partial charge in [0.2, 0.25) is 5.91 Å². The molecule has 98 valence electrons. The average Bonchev–Trinajstić information content (AvgIpc) is 2.89. The van der Waals surface area contributed by atoms with Gasteiger partial charge in [-0.25, -0.2) is 0 Å². The molecule has 2 amide bonds.